The van der Waals surface area contributed by atoms with Gasteiger partial charge in [-0.1, -0.05) is 47.8 Å². The van der Waals surface area contributed by atoms with E-state index >= 15 is 0 Å². The molecule has 0 spiro atoms. The summed E-state index contributed by atoms with van der Waals surface area (Å²) >= 11 is 18.0. The third-order valence-corrected chi connectivity index (χ3v) is 3.43. The summed E-state index contributed by atoms with van der Waals surface area (Å²) in [6.07, 6.45) is 2.43. The number of hydrogen-bond acceptors (Lipinski definition) is 4. The molecule has 0 bridgehead atoms. The van der Waals surface area contributed by atoms with Crippen molar-refractivity contribution in [3.05, 3.63) is 39.5 Å². The zero-order chi connectivity index (χ0) is 14.5. The molecule has 106 valence electrons. The first-order valence-corrected chi connectivity index (χ1v) is 7.13. The van der Waals surface area contributed by atoms with E-state index in [-0.39, 0.29) is 5.88 Å². The Morgan fingerprint density at radius 2 is 2.00 bits per heavy atom. The topological polar surface area (TPSA) is 47.0 Å². The number of anilines is 1. The molecule has 7 heteroatoms. The van der Waals surface area contributed by atoms with Gasteiger partial charge in [0.15, 0.2) is 0 Å². The maximum absolute atomic E-state index is 6.06. The maximum Gasteiger partial charge on any atom is 0.243 e. The van der Waals surface area contributed by atoms with Crippen LogP contribution in [0.4, 0.5) is 5.95 Å². The SMILES string of the molecule is CCCNc1ncc(Cl)c(Oc2cccc(Cl)c2Cl)n1. The Labute approximate surface area is 132 Å². The molecule has 0 fully saturated rings. The number of halogens is 3. The monoisotopic (exact) mass is 331 g/mol. The molecule has 1 N–H and O–H groups in total. The summed E-state index contributed by atoms with van der Waals surface area (Å²) in [5.41, 5.74) is 0. The van der Waals surface area contributed by atoms with E-state index in [1.807, 2.05) is 6.92 Å². The fourth-order valence-electron chi connectivity index (χ4n) is 1.41. The van der Waals surface area contributed by atoms with Crippen LogP contribution in [0.15, 0.2) is 24.4 Å². The third kappa shape index (κ3) is 3.66. The van der Waals surface area contributed by atoms with E-state index in [4.69, 9.17) is 39.5 Å². The van der Waals surface area contributed by atoms with Gasteiger partial charge in [0.1, 0.15) is 15.8 Å². The zero-order valence-electron chi connectivity index (χ0n) is 10.7. The van der Waals surface area contributed by atoms with Crippen LogP contribution in [-0.2, 0) is 0 Å². The van der Waals surface area contributed by atoms with E-state index in [1.165, 1.54) is 6.20 Å². The Kier molecular flexibility index (Phi) is 5.29. The van der Waals surface area contributed by atoms with Crippen molar-refractivity contribution >= 4 is 40.8 Å². The van der Waals surface area contributed by atoms with Gasteiger partial charge in [-0.2, -0.15) is 4.98 Å². The van der Waals surface area contributed by atoms with Crippen LogP contribution < -0.4 is 10.1 Å². The van der Waals surface area contributed by atoms with E-state index < -0.39 is 0 Å². The number of aromatic nitrogens is 2. The Morgan fingerprint density at radius 3 is 2.75 bits per heavy atom. The van der Waals surface area contributed by atoms with Crippen LogP contribution >= 0.6 is 34.8 Å². The number of nitrogens with zero attached hydrogens (tertiary/aromatic N) is 2. The van der Waals surface area contributed by atoms with Crippen LogP contribution in [0.3, 0.4) is 0 Å². The van der Waals surface area contributed by atoms with Crippen molar-refractivity contribution in [2.45, 2.75) is 13.3 Å². The van der Waals surface area contributed by atoms with E-state index in [1.54, 1.807) is 18.2 Å². The van der Waals surface area contributed by atoms with Gasteiger partial charge in [-0.3, -0.25) is 0 Å². The minimum atomic E-state index is 0.226. The molecular weight excluding hydrogens is 321 g/mol. The molecule has 0 saturated carbocycles. The fourth-order valence-corrected chi connectivity index (χ4v) is 1.87. The molecule has 0 aliphatic heterocycles. The van der Waals surface area contributed by atoms with Crippen LogP contribution in [0.25, 0.3) is 0 Å². The summed E-state index contributed by atoms with van der Waals surface area (Å²) in [5.74, 6) is 1.06. The van der Waals surface area contributed by atoms with Gasteiger partial charge in [0.25, 0.3) is 0 Å². The summed E-state index contributed by atoms with van der Waals surface area (Å²) in [7, 11) is 0. The van der Waals surface area contributed by atoms with Crippen LogP contribution in [0.1, 0.15) is 13.3 Å². The highest BCUT2D eigenvalue weighted by Gasteiger charge is 2.11. The zero-order valence-corrected chi connectivity index (χ0v) is 12.9. The molecule has 0 saturated heterocycles. The van der Waals surface area contributed by atoms with Crippen LogP contribution in [0, 0.1) is 0 Å². The first-order chi connectivity index (χ1) is 9.61. The summed E-state index contributed by atoms with van der Waals surface area (Å²) in [6.45, 7) is 2.81. The predicted molar refractivity (Wildman–Crippen MR) is 82.4 cm³/mol. The fraction of sp³-hybridized carbons (Fsp3) is 0.231. The lowest BCUT2D eigenvalue weighted by molar-refractivity contribution is 0.463. The summed E-state index contributed by atoms with van der Waals surface area (Å²) in [6, 6.07) is 5.09. The Hall–Kier alpha value is -1.23. The molecule has 0 unspecified atom stereocenters. The lowest BCUT2D eigenvalue weighted by Crippen LogP contribution is -2.05. The van der Waals surface area contributed by atoms with Gasteiger partial charge >= 0.3 is 0 Å². The molecule has 0 atom stereocenters. The summed E-state index contributed by atoms with van der Waals surface area (Å²) in [4.78, 5) is 8.26. The van der Waals surface area contributed by atoms with E-state index in [9.17, 15) is 0 Å². The van der Waals surface area contributed by atoms with Gasteiger partial charge in [-0.15, -0.1) is 0 Å². The molecule has 0 radical (unpaired) electrons. The molecule has 4 nitrogen and oxygen atoms in total. The molecule has 1 aromatic heterocycles. The second-order valence-electron chi connectivity index (χ2n) is 3.93. The van der Waals surface area contributed by atoms with Gasteiger partial charge in [0.05, 0.1) is 11.2 Å². The van der Waals surface area contributed by atoms with Crippen molar-refractivity contribution in [1.29, 1.82) is 0 Å². The van der Waals surface area contributed by atoms with Crippen LogP contribution in [0.2, 0.25) is 15.1 Å². The van der Waals surface area contributed by atoms with E-state index in [0.29, 0.717) is 26.8 Å². The summed E-state index contributed by atoms with van der Waals surface area (Å²) in [5, 5.41) is 4.06. The minimum absolute atomic E-state index is 0.226. The number of ether oxygens (including phenoxy) is 1. The van der Waals surface area contributed by atoms with Crippen molar-refractivity contribution in [1.82, 2.24) is 9.97 Å². The number of benzene rings is 1. The molecule has 20 heavy (non-hydrogen) atoms. The van der Waals surface area contributed by atoms with Crippen molar-refractivity contribution in [3.8, 4) is 11.6 Å². The number of rotatable bonds is 5. The molecule has 1 aromatic carbocycles. The molecule has 0 aliphatic carbocycles. The molecule has 2 aromatic rings. The molecule has 2 rings (SSSR count). The smallest absolute Gasteiger partial charge is 0.243 e. The van der Waals surface area contributed by atoms with Crippen molar-refractivity contribution < 1.29 is 4.74 Å². The van der Waals surface area contributed by atoms with E-state index in [2.05, 4.69) is 15.3 Å². The Balaban J connectivity index is 2.26. The second kappa shape index (κ2) is 6.97. The maximum atomic E-state index is 6.06. The second-order valence-corrected chi connectivity index (χ2v) is 5.12. The van der Waals surface area contributed by atoms with Crippen molar-refractivity contribution in [3.63, 3.8) is 0 Å². The van der Waals surface area contributed by atoms with Crippen LogP contribution in [-0.4, -0.2) is 16.5 Å². The lowest BCUT2D eigenvalue weighted by atomic mass is 10.3. The van der Waals surface area contributed by atoms with Gasteiger partial charge < -0.3 is 10.1 Å². The number of hydrogen-bond donors (Lipinski definition) is 1. The highest BCUT2D eigenvalue weighted by atomic mass is 35.5. The van der Waals surface area contributed by atoms with Crippen LogP contribution in [0.5, 0.6) is 11.6 Å². The highest BCUT2D eigenvalue weighted by molar-refractivity contribution is 6.43. The summed E-state index contributed by atoms with van der Waals surface area (Å²) < 4.78 is 5.60. The standard InChI is InChI=1S/C13H12Cl3N3O/c1-2-6-17-13-18-7-9(15)12(19-13)20-10-5-3-4-8(14)11(10)16/h3-5,7H,2,6H2,1H3,(H,17,18,19). The normalized spacial score (nSPS) is 10.4. The highest BCUT2D eigenvalue weighted by Crippen LogP contribution is 2.36. The average molecular weight is 333 g/mol. The van der Waals surface area contributed by atoms with Crippen molar-refractivity contribution in [2.75, 3.05) is 11.9 Å². The number of nitrogens with one attached hydrogen (secondary N) is 1. The quantitative estimate of drug-likeness (QED) is 0.832. The van der Waals surface area contributed by atoms with Gasteiger partial charge in [-0.25, -0.2) is 4.98 Å². The predicted octanol–water partition coefficient (Wildman–Crippen LogP) is 5.05. The van der Waals surface area contributed by atoms with E-state index in [0.717, 1.165) is 13.0 Å². The third-order valence-electron chi connectivity index (χ3n) is 2.37. The molecule has 0 aliphatic rings. The lowest BCUT2D eigenvalue weighted by Gasteiger charge is -2.10. The van der Waals surface area contributed by atoms with Gasteiger partial charge in [0, 0.05) is 6.54 Å². The Morgan fingerprint density at radius 1 is 1.20 bits per heavy atom. The molecular formula is C13H12Cl3N3O. The first kappa shape index (κ1) is 15.2. The molecule has 0 amide bonds. The minimum Gasteiger partial charge on any atom is -0.436 e. The first-order valence-electron chi connectivity index (χ1n) is 6.00. The molecule has 1 heterocycles. The largest absolute Gasteiger partial charge is 0.436 e. The van der Waals surface area contributed by atoms with Gasteiger partial charge in [0.2, 0.25) is 11.8 Å². The average Bonchev–Trinajstić information content (AvgIpc) is 2.44. The van der Waals surface area contributed by atoms with Crippen molar-refractivity contribution in [2.24, 2.45) is 0 Å². The Bertz CT molecular complexity index is 607. The van der Waals surface area contributed by atoms with Gasteiger partial charge in [-0.05, 0) is 18.6 Å².